The van der Waals surface area contributed by atoms with Crippen LogP contribution < -0.4 is 5.73 Å². The minimum Gasteiger partial charge on any atom is -0.324 e. The van der Waals surface area contributed by atoms with Crippen LogP contribution in [-0.2, 0) is 0 Å². The molecule has 0 radical (unpaired) electrons. The summed E-state index contributed by atoms with van der Waals surface area (Å²) in [6.07, 6.45) is 6.16. The lowest BCUT2D eigenvalue weighted by atomic mass is 10.0. The summed E-state index contributed by atoms with van der Waals surface area (Å²) in [6.45, 7) is 4.49. The van der Waals surface area contributed by atoms with E-state index in [9.17, 15) is 4.39 Å². The molecule has 2 rings (SSSR count). The Bertz CT molecular complexity index is 394. The predicted octanol–water partition coefficient (Wildman–Crippen LogP) is 3.48. The standard InChI is InChI=1S/C16H25FN2/c1-13-6-3-2-4-10-19(13)11-9-16(18)14-7-5-8-15(17)12-14/h5,7-8,12-13,16H,2-4,6,9-11,18H2,1H3. The van der Waals surface area contributed by atoms with Crippen molar-refractivity contribution in [3.63, 3.8) is 0 Å². The molecule has 1 aliphatic rings. The average molecular weight is 264 g/mol. The van der Waals surface area contributed by atoms with Gasteiger partial charge in [-0.2, -0.15) is 0 Å². The van der Waals surface area contributed by atoms with Crippen molar-refractivity contribution in [1.82, 2.24) is 4.90 Å². The molecule has 1 saturated heterocycles. The van der Waals surface area contributed by atoms with Crippen LogP contribution >= 0.6 is 0 Å². The Labute approximate surface area is 115 Å². The van der Waals surface area contributed by atoms with Gasteiger partial charge in [-0.1, -0.05) is 25.0 Å². The second-order valence-electron chi connectivity index (χ2n) is 5.68. The number of rotatable bonds is 4. The number of nitrogens with zero attached hydrogens (tertiary/aromatic N) is 1. The van der Waals surface area contributed by atoms with E-state index in [2.05, 4.69) is 11.8 Å². The van der Waals surface area contributed by atoms with Crippen molar-refractivity contribution in [2.24, 2.45) is 5.73 Å². The van der Waals surface area contributed by atoms with E-state index in [-0.39, 0.29) is 11.9 Å². The fourth-order valence-electron chi connectivity index (χ4n) is 2.88. The van der Waals surface area contributed by atoms with Gasteiger partial charge in [0.05, 0.1) is 0 Å². The second kappa shape index (κ2) is 7.01. The van der Waals surface area contributed by atoms with Crippen molar-refractivity contribution in [1.29, 1.82) is 0 Å². The maximum absolute atomic E-state index is 13.2. The van der Waals surface area contributed by atoms with Gasteiger partial charge in [-0.15, -0.1) is 0 Å². The molecule has 19 heavy (non-hydrogen) atoms. The zero-order valence-electron chi connectivity index (χ0n) is 11.8. The molecule has 3 heteroatoms. The van der Waals surface area contributed by atoms with Crippen LogP contribution in [0.4, 0.5) is 4.39 Å². The highest BCUT2D eigenvalue weighted by Crippen LogP contribution is 2.20. The molecule has 106 valence electrons. The first-order valence-corrected chi connectivity index (χ1v) is 7.42. The monoisotopic (exact) mass is 264 g/mol. The van der Waals surface area contributed by atoms with Gasteiger partial charge in [-0.3, -0.25) is 0 Å². The Morgan fingerprint density at radius 1 is 1.37 bits per heavy atom. The first-order chi connectivity index (χ1) is 9.16. The Morgan fingerprint density at radius 2 is 2.21 bits per heavy atom. The van der Waals surface area contributed by atoms with Gasteiger partial charge in [-0.05, 0) is 50.4 Å². The van der Waals surface area contributed by atoms with Crippen molar-refractivity contribution in [3.8, 4) is 0 Å². The van der Waals surface area contributed by atoms with Crippen LogP contribution in [0.15, 0.2) is 24.3 Å². The van der Waals surface area contributed by atoms with Gasteiger partial charge in [0.25, 0.3) is 0 Å². The van der Waals surface area contributed by atoms with Crippen LogP contribution in [0.2, 0.25) is 0 Å². The lowest BCUT2D eigenvalue weighted by molar-refractivity contribution is 0.206. The Morgan fingerprint density at radius 3 is 3.00 bits per heavy atom. The molecule has 1 aromatic rings. The van der Waals surface area contributed by atoms with Crippen LogP contribution in [0.1, 0.15) is 50.6 Å². The van der Waals surface area contributed by atoms with Gasteiger partial charge in [-0.25, -0.2) is 4.39 Å². The van der Waals surface area contributed by atoms with Crippen LogP contribution in [0, 0.1) is 5.82 Å². The molecule has 2 atom stereocenters. The topological polar surface area (TPSA) is 29.3 Å². The maximum Gasteiger partial charge on any atom is 0.123 e. The van der Waals surface area contributed by atoms with Gasteiger partial charge >= 0.3 is 0 Å². The molecule has 1 heterocycles. The second-order valence-corrected chi connectivity index (χ2v) is 5.68. The summed E-state index contributed by atoms with van der Waals surface area (Å²) >= 11 is 0. The highest BCUT2D eigenvalue weighted by molar-refractivity contribution is 5.19. The minimum absolute atomic E-state index is 0.0637. The summed E-state index contributed by atoms with van der Waals surface area (Å²) in [6, 6.07) is 7.26. The van der Waals surface area contributed by atoms with Crippen molar-refractivity contribution >= 4 is 0 Å². The molecule has 1 aliphatic heterocycles. The Hall–Kier alpha value is -0.930. The van der Waals surface area contributed by atoms with E-state index in [1.807, 2.05) is 6.07 Å². The van der Waals surface area contributed by atoms with Crippen LogP contribution in [0.25, 0.3) is 0 Å². The Balaban J connectivity index is 1.87. The summed E-state index contributed by atoms with van der Waals surface area (Å²) in [5.41, 5.74) is 7.08. The highest BCUT2D eigenvalue weighted by atomic mass is 19.1. The molecule has 0 amide bonds. The van der Waals surface area contributed by atoms with Crippen molar-refractivity contribution in [2.75, 3.05) is 13.1 Å². The van der Waals surface area contributed by atoms with E-state index >= 15 is 0 Å². The molecule has 2 N–H and O–H groups in total. The molecule has 1 aromatic carbocycles. The van der Waals surface area contributed by atoms with Gasteiger partial charge in [0.1, 0.15) is 5.82 Å². The zero-order valence-corrected chi connectivity index (χ0v) is 11.8. The molecular weight excluding hydrogens is 239 g/mol. The largest absolute Gasteiger partial charge is 0.324 e. The summed E-state index contributed by atoms with van der Waals surface area (Å²) in [4.78, 5) is 2.53. The number of hydrogen-bond donors (Lipinski definition) is 1. The van der Waals surface area contributed by atoms with Crippen molar-refractivity contribution in [2.45, 2.75) is 51.1 Å². The van der Waals surface area contributed by atoms with E-state index in [1.54, 1.807) is 12.1 Å². The van der Waals surface area contributed by atoms with Crippen LogP contribution in [0.3, 0.4) is 0 Å². The van der Waals surface area contributed by atoms with Crippen LogP contribution in [-0.4, -0.2) is 24.0 Å². The molecule has 0 spiro atoms. The van der Waals surface area contributed by atoms with E-state index in [4.69, 9.17) is 5.73 Å². The smallest absolute Gasteiger partial charge is 0.123 e. The zero-order chi connectivity index (χ0) is 13.7. The number of likely N-dealkylation sites (tertiary alicyclic amines) is 1. The number of halogens is 1. The number of nitrogens with two attached hydrogens (primary N) is 1. The summed E-state index contributed by atoms with van der Waals surface area (Å²) < 4.78 is 13.2. The van der Waals surface area contributed by atoms with Crippen molar-refractivity contribution in [3.05, 3.63) is 35.6 Å². The van der Waals surface area contributed by atoms with Gasteiger partial charge in [0.2, 0.25) is 0 Å². The summed E-state index contributed by atoms with van der Waals surface area (Å²) in [5, 5.41) is 0. The first-order valence-electron chi connectivity index (χ1n) is 7.42. The lowest BCUT2D eigenvalue weighted by Gasteiger charge is -2.28. The van der Waals surface area contributed by atoms with E-state index < -0.39 is 0 Å². The van der Waals surface area contributed by atoms with E-state index in [0.29, 0.717) is 6.04 Å². The number of benzene rings is 1. The maximum atomic E-state index is 13.2. The quantitative estimate of drug-likeness (QED) is 0.902. The molecule has 2 nitrogen and oxygen atoms in total. The molecule has 0 aromatic heterocycles. The molecule has 0 bridgehead atoms. The summed E-state index contributed by atoms with van der Waals surface area (Å²) in [7, 11) is 0. The van der Waals surface area contributed by atoms with Crippen LogP contribution in [0.5, 0.6) is 0 Å². The third-order valence-electron chi connectivity index (χ3n) is 4.19. The fourth-order valence-corrected chi connectivity index (χ4v) is 2.88. The molecule has 0 aliphatic carbocycles. The number of hydrogen-bond acceptors (Lipinski definition) is 2. The predicted molar refractivity (Wildman–Crippen MR) is 77.4 cm³/mol. The average Bonchev–Trinajstić information content (AvgIpc) is 2.61. The van der Waals surface area contributed by atoms with Gasteiger partial charge in [0.15, 0.2) is 0 Å². The fraction of sp³-hybridized carbons (Fsp3) is 0.625. The molecular formula is C16H25FN2. The molecule has 0 saturated carbocycles. The molecule has 2 unspecified atom stereocenters. The normalized spacial score (nSPS) is 23.0. The third-order valence-corrected chi connectivity index (χ3v) is 4.19. The Kier molecular flexibility index (Phi) is 5.34. The highest BCUT2D eigenvalue weighted by Gasteiger charge is 2.17. The summed E-state index contributed by atoms with van der Waals surface area (Å²) in [5.74, 6) is -0.198. The van der Waals surface area contributed by atoms with Gasteiger partial charge < -0.3 is 10.6 Å². The lowest BCUT2D eigenvalue weighted by Crippen LogP contribution is -2.34. The first kappa shape index (κ1) is 14.5. The van der Waals surface area contributed by atoms with Crippen molar-refractivity contribution < 1.29 is 4.39 Å². The SMILES string of the molecule is CC1CCCCCN1CCC(N)c1cccc(F)c1. The third kappa shape index (κ3) is 4.29. The molecule has 1 fully saturated rings. The minimum atomic E-state index is -0.198. The van der Waals surface area contributed by atoms with E-state index in [1.165, 1.54) is 38.3 Å². The van der Waals surface area contributed by atoms with E-state index in [0.717, 1.165) is 18.5 Å². The van der Waals surface area contributed by atoms with Gasteiger partial charge in [0, 0.05) is 18.6 Å².